The molecule has 0 spiro atoms. The molecule has 1 aliphatic rings. The number of alkyl halides is 3. The predicted molar refractivity (Wildman–Crippen MR) is 89.5 cm³/mol. The standard InChI is InChI=1S/C18H14ClF3N2O/c1-11-10-16(14-4-2-3-5-15(14)19)24(23-11)17(25)12-6-8-13(9-7-12)18(20,21)22/h2-9,16H,10H2,1H3. The maximum atomic E-state index is 12.7. The molecular formula is C18H14ClF3N2O. The largest absolute Gasteiger partial charge is 0.416 e. The fourth-order valence-electron chi connectivity index (χ4n) is 2.77. The molecule has 3 nitrogen and oxygen atoms in total. The number of benzene rings is 2. The molecule has 0 saturated carbocycles. The average Bonchev–Trinajstić information content (AvgIpc) is 2.95. The first-order valence-corrected chi connectivity index (χ1v) is 7.94. The molecule has 130 valence electrons. The highest BCUT2D eigenvalue weighted by molar-refractivity contribution is 6.31. The summed E-state index contributed by atoms with van der Waals surface area (Å²) in [5, 5.41) is 6.06. The van der Waals surface area contributed by atoms with Crippen molar-refractivity contribution in [1.29, 1.82) is 0 Å². The quantitative estimate of drug-likeness (QED) is 0.707. The van der Waals surface area contributed by atoms with E-state index in [0.29, 0.717) is 11.4 Å². The molecule has 0 saturated heterocycles. The van der Waals surface area contributed by atoms with E-state index in [1.54, 1.807) is 19.1 Å². The van der Waals surface area contributed by atoms with Crippen LogP contribution >= 0.6 is 11.6 Å². The van der Waals surface area contributed by atoms with Crippen LogP contribution in [-0.4, -0.2) is 16.6 Å². The van der Waals surface area contributed by atoms with Crippen molar-refractivity contribution in [3.63, 3.8) is 0 Å². The van der Waals surface area contributed by atoms with Crippen molar-refractivity contribution in [2.75, 3.05) is 0 Å². The molecule has 7 heteroatoms. The Labute approximate surface area is 147 Å². The van der Waals surface area contributed by atoms with Crippen molar-refractivity contribution in [3.05, 3.63) is 70.2 Å². The van der Waals surface area contributed by atoms with E-state index in [1.165, 1.54) is 5.01 Å². The molecule has 1 unspecified atom stereocenters. The summed E-state index contributed by atoms with van der Waals surface area (Å²) in [7, 11) is 0. The highest BCUT2D eigenvalue weighted by atomic mass is 35.5. The van der Waals surface area contributed by atoms with Gasteiger partial charge in [0.1, 0.15) is 0 Å². The summed E-state index contributed by atoms with van der Waals surface area (Å²) in [6, 6.07) is 10.9. The van der Waals surface area contributed by atoms with Gasteiger partial charge >= 0.3 is 6.18 Å². The van der Waals surface area contributed by atoms with E-state index in [-0.39, 0.29) is 11.6 Å². The Morgan fingerprint density at radius 1 is 1.16 bits per heavy atom. The number of rotatable bonds is 2. The second-order valence-electron chi connectivity index (χ2n) is 5.80. The molecule has 1 heterocycles. The Hall–Kier alpha value is -2.34. The van der Waals surface area contributed by atoms with E-state index in [1.807, 2.05) is 12.1 Å². The number of hydrazone groups is 1. The van der Waals surface area contributed by atoms with Crippen LogP contribution < -0.4 is 0 Å². The number of hydrogen-bond acceptors (Lipinski definition) is 2. The lowest BCUT2D eigenvalue weighted by molar-refractivity contribution is -0.137. The molecule has 0 bridgehead atoms. The van der Waals surface area contributed by atoms with Gasteiger partial charge in [0, 0.05) is 22.7 Å². The first kappa shape index (κ1) is 17.5. The Balaban J connectivity index is 1.91. The van der Waals surface area contributed by atoms with Crippen LogP contribution in [0.5, 0.6) is 0 Å². The molecule has 0 fully saturated rings. The minimum absolute atomic E-state index is 0.142. The Bertz CT molecular complexity index is 831. The Morgan fingerprint density at radius 2 is 1.80 bits per heavy atom. The summed E-state index contributed by atoms with van der Waals surface area (Å²) >= 11 is 6.23. The van der Waals surface area contributed by atoms with Gasteiger partial charge in [0.2, 0.25) is 0 Å². The van der Waals surface area contributed by atoms with E-state index in [0.717, 1.165) is 35.5 Å². The van der Waals surface area contributed by atoms with Gasteiger partial charge in [-0.1, -0.05) is 29.8 Å². The summed E-state index contributed by atoms with van der Waals surface area (Å²) in [6.45, 7) is 1.80. The van der Waals surface area contributed by atoms with Crippen molar-refractivity contribution in [2.24, 2.45) is 5.10 Å². The summed E-state index contributed by atoms with van der Waals surface area (Å²) in [6.07, 6.45) is -3.92. The van der Waals surface area contributed by atoms with Crippen molar-refractivity contribution >= 4 is 23.2 Å². The van der Waals surface area contributed by atoms with Gasteiger partial charge in [-0.15, -0.1) is 0 Å². The summed E-state index contributed by atoms with van der Waals surface area (Å²) in [5.74, 6) is -0.463. The molecule has 3 rings (SSSR count). The Morgan fingerprint density at radius 3 is 2.40 bits per heavy atom. The average molecular weight is 367 g/mol. The highest BCUT2D eigenvalue weighted by Crippen LogP contribution is 2.36. The summed E-state index contributed by atoms with van der Waals surface area (Å²) in [5.41, 5.74) is 0.853. The van der Waals surface area contributed by atoms with E-state index < -0.39 is 17.6 Å². The lowest BCUT2D eigenvalue weighted by Crippen LogP contribution is -2.27. The number of nitrogens with zero attached hydrogens (tertiary/aromatic N) is 2. The van der Waals surface area contributed by atoms with Gasteiger partial charge in [-0.25, -0.2) is 5.01 Å². The minimum atomic E-state index is -4.44. The van der Waals surface area contributed by atoms with E-state index >= 15 is 0 Å². The maximum Gasteiger partial charge on any atom is 0.416 e. The third kappa shape index (κ3) is 3.54. The number of hydrogen-bond donors (Lipinski definition) is 0. The SMILES string of the molecule is CC1=NN(C(=O)c2ccc(C(F)(F)F)cc2)C(c2ccccc2Cl)C1. The van der Waals surface area contributed by atoms with Crippen molar-refractivity contribution in [3.8, 4) is 0 Å². The summed E-state index contributed by atoms with van der Waals surface area (Å²) in [4.78, 5) is 12.7. The molecule has 0 aliphatic carbocycles. The number of carbonyl (C=O) groups excluding carboxylic acids is 1. The van der Waals surface area contributed by atoms with E-state index in [2.05, 4.69) is 5.10 Å². The molecular weight excluding hydrogens is 353 g/mol. The zero-order chi connectivity index (χ0) is 18.2. The minimum Gasteiger partial charge on any atom is -0.267 e. The van der Waals surface area contributed by atoms with Gasteiger partial charge in [0.15, 0.2) is 0 Å². The third-order valence-corrected chi connectivity index (χ3v) is 4.34. The molecule has 25 heavy (non-hydrogen) atoms. The second-order valence-corrected chi connectivity index (χ2v) is 6.21. The van der Waals surface area contributed by atoms with Gasteiger partial charge in [0.05, 0.1) is 11.6 Å². The van der Waals surface area contributed by atoms with Crippen LogP contribution in [0, 0.1) is 0 Å². The molecule has 1 amide bonds. The zero-order valence-electron chi connectivity index (χ0n) is 13.2. The number of halogens is 4. The Kier molecular flexibility index (Phi) is 4.56. The first-order valence-electron chi connectivity index (χ1n) is 7.56. The fraction of sp³-hybridized carbons (Fsp3) is 0.222. The van der Waals surface area contributed by atoms with Gasteiger partial charge in [-0.2, -0.15) is 18.3 Å². The van der Waals surface area contributed by atoms with Crippen LogP contribution in [0.25, 0.3) is 0 Å². The van der Waals surface area contributed by atoms with Gasteiger partial charge in [0.25, 0.3) is 5.91 Å². The molecule has 2 aromatic carbocycles. The van der Waals surface area contributed by atoms with Gasteiger partial charge in [-0.3, -0.25) is 4.79 Å². The van der Waals surface area contributed by atoms with Crippen LogP contribution in [0.1, 0.15) is 40.9 Å². The number of carbonyl (C=O) groups is 1. The lowest BCUT2D eigenvalue weighted by atomic mass is 10.0. The lowest BCUT2D eigenvalue weighted by Gasteiger charge is -2.23. The van der Waals surface area contributed by atoms with Gasteiger partial charge < -0.3 is 0 Å². The van der Waals surface area contributed by atoms with Crippen LogP contribution in [-0.2, 0) is 6.18 Å². The van der Waals surface area contributed by atoms with E-state index in [9.17, 15) is 18.0 Å². The maximum absolute atomic E-state index is 12.7. The van der Waals surface area contributed by atoms with Crippen LogP contribution in [0.2, 0.25) is 5.02 Å². The molecule has 0 radical (unpaired) electrons. The first-order chi connectivity index (χ1) is 11.8. The zero-order valence-corrected chi connectivity index (χ0v) is 14.0. The smallest absolute Gasteiger partial charge is 0.267 e. The predicted octanol–water partition coefficient (Wildman–Crippen LogP) is 5.32. The third-order valence-electron chi connectivity index (χ3n) is 3.99. The van der Waals surface area contributed by atoms with Crippen molar-refractivity contribution in [2.45, 2.75) is 25.6 Å². The van der Waals surface area contributed by atoms with Crippen LogP contribution in [0.4, 0.5) is 13.2 Å². The topological polar surface area (TPSA) is 32.7 Å². The van der Waals surface area contributed by atoms with E-state index in [4.69, 9.17) is 11.6 Å². The van der Waals surface area contributed by atoms with Crippen molar-refractivity contribution < 1.29 is 18.0 Å². The molecule has 1 aliphatic heterocycles. The molecule has 2 aromatic rings. The molecule has 0 N–H and O–H groups in total. The van der Waals surface area contributed by atoms with Crippen LogP contribution in [0.3, 0.4) is 0 Å². The van der Waals surface area contributed by atoms with Crippen LogP contribution in [0.15, 0.2) is 53.6 Å². The number of amides is 1. The van der Waals surface area contributed by atoms with Crippen molar-refractivity contribution in [1.82, 2.24) is 5.01 Å². The molecule has 1 atom stereocenters. The summed E-state index contributed by atoms with van der Waals surface area (Å²) < 4.78 is 38.0. The normalized spacial score (nSPS) is 17.6. The monoisotopic (exact) mass is 366 g/mol. The second kappa shape index (κ2) is 6.52. The highest BCUT2D eigenvalue weighted by Gasteiger charge is 2.34. The fourth-order valence-corrected chi connectivity index (χ4v) is 3.03. The van der Waals surface area contributed by atoms with Gasteiger partial charge in [-0.05, 0) is 42.8 Å². The molecule has 0 aromatic heterocycles.